The van der Waals surface area contributed by atoms with Crippen LogP contribution in [0.2, 0.25) is 0 Å². The molecule has 4 nitrogen and oxygen atoms in total. The van der Waals surface area contributed by atoms with Gasteiger partial charge in [0.25, 0.3) is 0 Å². The summed E-state index contributed by atoms with van der Waals surface area (Å²) in [6.07, 6.45) is 2.19. The molecule has 0 aliphatic rings. The van der Waals surface area contributed by atoms with Crippen molar-refractivity contribution in [3.8, 4) is 0 Å². The Bertz CT molecular complexity index is 346. The molecule has 5 heteroatoms. The molecule has 0 aromatic carbocycles. The number of rotatable bonds is 6. The molecule has 0 saturated heterocycles. The fourth-order valence-electron chi connectivity index (χ4n) is 1.64. The second-order valence-electron chi connectivity index (χ2n) is 4.73. The fraction of sp³-hybridized carbons (Fsp3) is 0.615. The van der Waals surface area contributed by atoms with Crippen LogP contribution in [-0.4, -0.2) is 12.5 Å². The minimum absolute atomic E-state index is 0.289. The molecule has 0 aliphatic carbocycles. The Balaban J connectivity index is 2.66. The number of hydrogen-bond donors (Lipinski definition) is 3. The summed E-state index contributed by atoms with van der Waals surface area (Å²) >= 11 is 1.76. The van der Waals surface area contributed by atoms with Crippen LogP contribution in [0.3, 0.4) is 0 Å². The minimum atomic E-state index is 0.289. The van der Waals surface area contributed by atoms with Gasteiger partial charge in [-0.1, -0.05) is 33.3 Å². The molecule has 0 amide bonds. The third-order valence-electron chi connectivity index (χ3n) is 2.53. The van der Waals surface area contributed by atoms with Gasteiger partial charge in [-0.05, 0) is 23.8 Å². The average molecular weight is 268 g/mol. The summed E-state index contributed by atoms with van der Waals surface area (Å²) in [5.74, 6) is 6.72. The minimum Gasteiger partial charge on any atom is -0.348 e. The standard InChI is InChI=1S/C13H24N4S/c1-4-6-11(12-7-5-8-18-12)16-13(17-14)15-9-10(2)3/h5,7-8,10-11H,4,6,9,14H2,1-3H3,(H2,15,16,17). The van der Waals surface area contributed by atoms with Crippen LogP contribution in [0.25, 0.3) is 0 Å². The monoisotopic (exact) mass is 268 g/mol. The quantitative estimate of drug-likeness (QED) is 0.322. The topological polar surface area (TPSA) is 62.4 Å². The molecule has 1 heterocycles. The number of thiophene rings is 1. The second kappa shape index (κ2) is 8.11. The van der Waals surface area contributed by atoms with Gasteiger partial charge in [-0.3, -0.25) is 10.4 Å². The smallest absolute Gasteiger partial charge is 0.206 e. The van der Waals surface area contributed by atoms with E-state index in [0.29, 0.717) is 11.9 Å². The number of hydrazine groups is 1. The number of nitrogens with two attached hydrogens (primary N) is 1. The van der Waals surface area contributed by atoms with Crippen molar-refractivity contribution in [2.24, 2.45) is 16.8 Å². The molecule has 0 radical (unpaired) electrons. The van der Waals surface area contributed by atoms with E-state index < -0.39 is 0 Å². The van der Waals surface area contributed by atoms with E-state index in [1.807, 2.05) is 0 Å². The lowest BCUT2D eigenvalue weighted by Crippen LogP contribution is -2.43. The Labute approximate surface area is 114 Å². The summed E-state index contributed by atoms with van der Waals surface area (Å²) in [4.78, 5) is 5.77. The van der Waals surface area contributed by atoms with Crippen molar-refractivity contribution < 1.29 is 0 Å². The third-order valence-corrected chi connectivity index (χ3v) is 3.51. The molecular weight excluding hydrogens is 244 g/mol. The number of guanidine groups is 1. The molecule has 18 heavy (non-hydrogen) atoms. The molecule has 4 N–H and O–H groups in total. The lowest BCUT2D eigenvalue weighted by atomic mass is 10.1. The summed E-state index contributed by atoms with van der Waals surface area (Å²) in [5.41, 5.74) is 2.65. The van der Waals surface area contributed by atoms with E-state index in [1.165, 1.54) is 4.88 Å². The molecular formula is C13H24N4S. The first-order valence-corrected chi connectivity index (χ1v) is 7.36. The molecule has 1 atom stereocenters. The highest BCUT2D eigenvalue weighted by molar-refractivity contribution is 7.10. The van der Waals surface area contributed by atoms with Gasteiger partial charge in [0.15, 0.2) is 0 Å². The van der Waals surface area contributed by atoms with Gasteiger partial charge >= 0.3 is 0 Å². The first kappa shape index (κ1) is 15.0. The van der Waals surface area contributed by atoms with Gasteiger partial charge in [0.1, 0.15) is 0 Å². The van der Waals surface area contributed by atoms with E-state index in [-0.39, 0.29) is 6.04 Å². The average Bonchev–Trinajstić information content (AvgIpc) is 2.86. The zero-order valence-electron chi connectivity index (χ0n) is 11.4. The number of aliphatic imine (C=N–C) groups is 1. The van der Waals surface area contributed by atoms with Crippen molar-refractivity contribution in [2.75, 3.05) is 6.54 Å². The van der Waals surface area contributed by atoms with E-state index in [2.05, 4.69) is 54.0 Å². The highest BCUT2D eigenvalue weighted by atomic mass is 32.1. The zero-order chi connectivity index (χ0) is 13.4. The Hall–Kier alpha value is -1.07. The number of hydrogen-bond acceptors (Lipinski definition) is 3. The Kier molecular flexibility index (Phi) is 6.75. The molecule has 0 saturated carbocycles. The molecule has 1 rings (SSSR count). The Morgan fingerprint density at radius 1 is 1.50 bits per heavy atom. The maximum atomic E-state index is 5.52. The van der Waals surface area contributed by atoms with Crippen LogP contribution in [0, 0.1) is 5.92 Å². The Morgan fingerprint density at radius 3 is 2.78 bits per heavy atom. The van der Waals surface area contributed by atoms with Gasteiger partial charge in [0.2, 0.25) is 5.96 Å². The molecule has 1 unspecified atom stereocenters. The van der Waals surface area contributed by atoms with E-state index in [0.717, 1.165) is 19.4 Å². The van der Waals surface area contributed by atoms with E-state index in [9.17, 15) is 0 Å². The van der Waals surface area contributed by atoms with Gasteiger partial charge in [-0.15, -0.1) is 11.3 Å². The van der Waals surface area contributed by atoms with Crippen molar-refractivity contribution >= 4 is 17.3 Å². The molecule has 0 fully saturated rings. The highest BCUT2D eigenvalue weighted by Gasteiger charge is 2.13. The Morgan fingerprint density at radius 2 is 2.28 bits per heavy atom. The van der Waals surface area contributed by atoms with Crippen LogP contribution in [0.5, 0.6) is 0 Å². The van der Waals surface area contributed by atoms with Crippen molar-refractivity contribution in [1.29, 1.82) is 0 Å². The largest absolute Gasteiger partial charge is 0.348 e. The summed E-state index contributed by atoms with van der Waals surface area (Å²) < 4.78 is 0. The summed E-state index contributed by atoms with van der Waals surface area (Å²) in [6.45, 7) is 7.24. The van der Waals surface area contributed by atoms with Crippen molar-refractivity contribution in [3.05, 3.63) is 22.4 Å². The van der Waals surface area contributed by atoms with E-state index in [4.69, 9.17) is 5.84 Å². The van der Waals surface area contributed by atoms with Crippen LogP contribution < -0.4 is 16.6 Å². The molecule has 0 bridgehead atoms. The summed E-state index contributed by atoms with van der Waals surface area (Å²) in [5, 5.41) is 5.48. The maximum Gasteiger partial charge on any atom is 0.206 e. The summed E-state index contributed by atoms with van der Waals surface area (Å²) in [6, 6.07) is 4.51. The zero-order valence-corrected chi connectivity index (χ0v) is 12.3. The molecule has 1 aromatic rings. The SMILES string of the molecule is CCCC(NC(=NCC(C)C)NN)c1cccs1. The molecule has 102 valence electrons. The third kappa shape index (κ3) is 5.06. The summed E-state index contributed by atoms with van der Waals surface area (Å²) in [7, 11) is 0. The molecule has 0 aliphatic heterocycles. The number of nitrogens with zero attached hydrogens (tertiary/aromatic N) is 1. The van der Waals surface area contributed by atoms with Gasteiger partial charge < -0.3 is 5.32 Å². The van der Waals surface area contributed by atoms with Crippen LogP contribution >= 0.6 is 11.3 Å². The van der Waals surface area contributed by atoms with Gasteiger partial charge in [-0.2, -0.15) is 0 Å². The van der Waals surface area contributed by atoms with Crippen LogP contribution in [0.15, 0.2) is 22.5 Å². The number of nitrogens with one attached hydrogen (secondary N) is 2. The predicted molar refractivity (Wildman–Crippen MR) is 79.6 cm³/mol. The van der Waals surface area contributed by atoms with Crippen molar-refractivity contribution in [1.82, 2.24) is 10.7 Å². The van der Waals surface area contributed by atoms with Gasteiger partial charge in [0, 0.05) is 11.4 Å². The van der Waals surface area contributed by atoms with Crippen LogP contribution in [0.1, 0.15) is 44.5 Å². The highest BCUT2D eigenvalue weighted by Crippen LogP contribution is 2.22. The van der Waals surface area contributed by atoms with E-state index in [1.54, 1.807) is 11.3 Å². The van der Waals surface area contributed by atoms with Crippen LogP contribution in [-0.2, 0) is 0 Å². The second-order valence-corrected chi connectivity index (χ2v) is 5.71. The van der Waals surface area contributed by atoms with Crippen molar-refractivity contribution in [2.45, 2.75) is 39.7 Å². The maximum absolute atomic E-state index is 5.52. The van der Waals surface area contributed by atoms with E-state index >= 15 is 0 Å². The first-order chi connectivity index (χ1) is 8.67. The van der Waals surface area contributed by atoms with Crippen LogP contribution in [0.4, 0.5) is 0 Å². The lowest BCUT2D eigenvalue weighted by Gasteiger charge is -2.19. The van der Waals surface area contributed by atoms with Crippen molar-refractivity contribution in [3.63, 3.8) is 0 Å². The van der Waals surface area contributed by atoms with Gasteiger partial charge in [-0.25, -0.2) is 5.84 Å². The first-order valence-electron chi connectivity index (χ1n) is 6.48. The predicted octanol–water partition coefficient (Wildman–Crippen LogP) is 2.65. The lowest BCUT2D eigenvalue weighted by molar-refractivity contribution is 0.574. The van der Waals surface area contributed by atoms with Gasteiger partial charge in [0.05, 0.1) is 6.04 Å². The normalized spacial score (nSPS) is 13.7. The fourth-order valence-corrected chi connectivity index (χ4v) is 2.45. The molecule has 0 spiro atoms. The molecule has 1 aromatic heterocycles.